The number of urea groups is 2. The molecule has 1 heterocycles. The number of aliphatic hydroxyl groups excluding tert-OH is 1. The van der Waals surface area contributed by atoms with E-state index >= 15 is 0 Å². The van der Waals surface area contributed by atoms with Gasteiger partial charge in [0.25, 0.3) is 5.91 Å². The second-order valence-corrected chi connectivity index (χ2v) is 10.3. The Hall–Kier alpha value is -4.77. The number of aliphatic hydroxyl groups is 1. The van der Waals surface area contributed by atoms with E-state index in [0.29, 0.717) is 35.1 Å². The Bertz CT molecular complexity index is 1380. The molecule has 0 aromatic heterocycles. The molecule has 0 unspecified atom stereocenters. The second kappa shape index (κ2) is 13.7. The lowest BCUT2D eigenvalue weighted by molar-refractivity contribution is 0.0371. The van der Waals surface area contributed by atoms with E-state index in [-0.39, 0.29) is 36.6 Å². The van der Waals surface area contributed by atoms with Gasteiger partial charge in [0.05, 0.1) is 31.9 Å². The Morgan fingerprint density at radius 3 is 2.33 bits per heavy atom. The maximum absolute atomic E-state index is 13.7. The third kappa shape index (κ3) is 7.49. The van der Waals surface area contributed by atoms with E-state index < -0.39 is 18.2 Å². The van der Waals surface area contributed by atoms with Crippen molar-refractivity contribution < 1.29 is 29.0 Å². The number of likely N-dealkylation sites (N-methyl/N-ethyl adjacent to an activating group) is 1. The number of carbonyl (C=O) groups excluding carboxylic acids is 3. The van der Waals surface area contributed by atoms with Crippen LogP contribution in [0.2, 0.25) is 0 Å². The molecule has 3 aromatic carbocycles. The Labute approximate surface area is 245 Å². The van der Waals surface area contributed by atoms with E-state index in [9.17, 15) is 19.5 Å². The van der Waals surface area contributed by atoms with Crippen molar-refractivity contribution in [2.75, 3.05) is 49.8 Å². The van der Waals surface area contributed by atoms with Crippen molar-refractivity contribution in [1.29, 1.82) is 0 Å². The highest BCUT2D eigenvalue weighted by Gasteiger charge is 2.34. The first-order valence-electron chi connectivity index (χ1n) is 13.7. The molecule has 0 radical (unpaired) electrons. The van der Waals surface area contributed by atoms with Crippen LogP contribution < -0.4 is 25.4 Å². The third-order valence-electron chi connectivity index (χ3n) is 7.10. The smallest absolute Gasteiger partial charge is 0.323 e. The van der Waals surface area contributed by atoms with E-state index in [1.54, 1.807) is 80.6 Å². The molecular weight excluding hydrogens is 538 g/mol. The minimum Gasteiger partial charge on any atom is -0.497 e. The molecule has 0 aliphatic carbocycles. The van der Waals surface area contributed by atoms with Gasteiger partial charge in [-0.2, -0.15) is 0 Å². The summed E-state index contributed by atoms with van der Waals surface area (Å²) < 4.78 is 11.5. The molecule has 222 valence electrons. The van der Waals surface area contributed by atoms with Crippen LogP contribution in [0, 0.1) is 5.92 Å². The third-order valence-corrected chi connectivity index (χ3v) is 7.10. The molecule has 3 aromatic rings. The zero-order chi connectivity index (χ0) is 30.2. The molecule has 0 saturated carbocycles. The average molecular weight is 576 g/mol. The number of hydrogen-bond acceptors (Lipinski definition) is 6. The fourth-order valence-electron chi connectivity index (χ4n) is 4.58. The number of ether oxygens (including phenoxy) is 2. The molecule has 5 amide bonds. The first-order valence-corrected chi connectivity index (χ1v) is 13.7. The molecule has 0 saturated heterocycles. The van der Waals surface area contributed by atoms with Gasteiger partial charge in [-0.1, -0.05) is 25.1 Å². The average Bonchev–Trinajstić information content (AvgIpc) is 2.99. The van der Waals surface area contributed by atoms with Crippen molar-refractivity contribution >= 4 is 35.0 Å². The predicted octanol–water partition coefficient (Wildman–Crippen LogP) is 4.72. The van der Waals surface area contributed by atoms with Crippen LogP contribution in [0.15, 0.2) is 72.8 Å². The molecule has 42 heavy (non-hydrogen) atoms. The fourth-order valence-corrected chi connectivity index (χ4v) is 4.58. The molecule has 3 atom stereocenters. The largest absolute Gasteiger partial charge is 0.497 e. The number of carbonyl (C=O) groups is 3. The standard InChI is InChI=1S/C31H37N5O6/c1-20-17-36(21(2)19-37)29(38)26-16-24(33-30(39)32-22-8-6-5-7-9-22)12-15-27(26)42-28(20)18-35(3)31(40)34-23-10-13-25(41-4)14-11-23/h5-16,20-21,28,37H,17-19H2,1-4H3,(H,34,40)(H2,32,33,39)/t20-,21+,28-/m0/s1. The summed E-state index contributed by atoms with van der Waals surface area (Å²) in [7, 11) is 3.25. The Morgan fingerprint density at radius 2 is 1.67 bits per heavy atom. The highest BCUT2D eigenvalue weighted by atomic mass is 16.5. The van der Waals surface area contributed by atoms with E-state index in [4.69, 9.17) is 9.47 Å². The van der Waals surface area contributed by atoms with Crippen LogP contribution in [0.1, 0.15) is 24.2 Å². The monoisotopic (exact) mass is 575 g/mol. The van der Waals surface area contributed by atoms with Crippen LogP contribution in [0.4, 0.5) is 26.7 Å². The zero-order valence-corrected chi connectivity index (χ0v) is 24.2. The number of benzene rings is 3. The highest BCUT2D eigenvalue weighted by molar-refractivity contribution is 6.02. The van der Waals surface area contributed by atoms with E-state index in [1.165, 1.54) is 4.90 Å². The zero-order valence-electron chi connectivity index (χ0n) is 24.2. The van der Waals surface area contributed by atoms with Gasteiger partial charge in [-0.15, -0.1) is 0 Å². The molecule has 11 heteroatoms. The van der Waals surface area contributed by atoms with E-state index in [0.717, 1.165) is 0 Å². The van der Waals surface area contributed by atoms with Gasteiger partial charge in [-0.3, -0.25) is 4.79 Å². The number of para-hydroxylation sites is 1. The summed E-state index contributed by atoms with van der Waals surface area (Å²) in [5.74, 6) is 0.504. The molecule has 0 fully saturated rings. The minimum atomic E-state index is -0.475. The van der Waals surface area contributed by atoms with Crippen LogP contribution in [0.5, 0.6) is 11.5 Å². The maximum atomic E-state index is 13.7. The molecule has 4 N–H and O–H groups in total. The molecule has 0 bridgehead atoms. The number of nitrogens with zero attached hydrogens (tertiary/aromatic N) is 2. The van der Waals surface area contributed by atoms with Crippen molar-refractivity contribution in [1.82, 2.24) is 9.80 Å². The number of amides is 5. The summed E-state index contributed by atoms with van der Waals surface area (Å²) in [6.07, 6.45) is -0.475. The Morgan fingerprint density at radius 1 is 1.02 bits per heavy atom. The van der Waals surface area contributed by atoms with E-state index in [1.807, 2.05) is 25.1 Å². The normalized spacial score (nSPS) is 17.1. The van der Waals surface area contributed by atoms with Crippen molar-refractivity contribution in [2.24, 2.45) is 5.92 Å². The lowest BCUT2D eigenvalue weighted by atomic mass is 9.99. The van der Waals surface area contributed by atoms with Crippen molar-refractivity contribution in [3.8, 4) is 11.5 Å². The lowest BCUT2D eigenvalue weighted by Gasteiger charge is -2.38. The number of rotatable bonds is 8. The molecule has 0 spiro atoms. The van der Waals surface area contributed by atoms with Crippen LogP contribution in [-0.2, 0) is 0 Å². The van der Waals surface area contributed by atoms with Crippen molar-refractivity contribution in [3.05, 3.63) is 78.4 Å². The van der Waals surface area contributed by atoms with Crippen molar-refractivity contribution in [2.45, 2.75) is 26.0 Å². The quantitative estimate of drug-likeness (QED) is 0.307. The number of methoxy groups -OCH3 is 1. The van der Waals surface area contributed by atoms with Crippen LogP contribution in [-0.4, -0.2) is 78.9 Å². The maximum Gasteiger partial charge on any atom is 0.323 e. The topological polar surface area (TPSA) is 132 Å². The summed E-state index contributed by atoms with van der Waals surface area (Å²) in [5, 5.41) is 18.3. The van der Waals surface area contributed by atoms with Gasteiger partial charge in [0.2, 0.25) is 0 Å². The number of fused-ring (bicyclic) bond motifs is 1. The second-order valence-electron chi connectivity index (χ2n) is 10.3. The highest BCUT2D eigenvalue weighted by Crippen LogP contribution is 2.31. The van der Waals surface area contributed by atoms with E-state index in [2.05, 4.69) is 16.0 Å². The van der Waals surface area contributed by atoms with Crippen LogP contribution in [0.25, 0.3) is 0 Å². The van der Waals surface area contributed by atoms with Gasteiger partial charge in [0, 0.05) is 36.6 Å². The molecule has 1 aliphatic heterocycles. The fraction of sp³-hybridized carbons (Fsp3) is 0.323. The number of nitrogens with one attached hydrogen (secondary N) is 3. The first-order chi connectivity index (χ1) is 20.2. The lowest BCUT2D eigenvalue weighted by Crippen LogP contribution is -2.50. The molecule has 4 rings (SSSR count). The molecular formula is C31H37N5O6. The summed E-state index contributed by atoms with van der Waals surface area (Å²) in [6, 6.07) is 19.6. The van der Waals surface area contributed by atoms with Crippen LogP contribution in [0.3, 0.4) is 0 Å². The summed E-state index contributed by atoms with van der Waals surface area (Å²) in [6.45, 7) is 4.02. The van der Waals surface area contributed by atoms with Gasteiger partial charge >= 0.3 is 12.1 Å². The summed E-state index contributed by atoms with van der Waals surface area (Å²) >= 11 is 0. The van der Waals surface area contributed by atoms with Gasteiger partial charge < -0.3 is 40.3 Å². The molecule has 1 aliphatic rings. The summed E-state index contributed by atoms with van der Waals surface area (Å²) in [4.78, 5) is 42.4. The number of hydrogen-bond donors (Lipinski definition) is 4. The minimum absolute atomic E-state index is 0.179. The SMILES string of the molecule is COc1ccc(NC(=O)N(C)C[C@@H]2Oc3ccc(NC(=O)Nc4ccccc4)cc3C(=O)N([C@H](C)CO)C[C@@H]2C)cc1. The van der Waals surface area contributed by atoms with Gasteiger partial charge in [-0.05, 0) is 61.5 Å². The Kier molecular flexibility index (Phi) is 9.87. The van der Waals surface area contributed by atoms with Gasteiger partial charge in [-0.25, -0.2) is 9.59 Å². The first kappa shape index (κ1) is 30.2. The predicted molar refractivity (Wildman–Crippen MR) is 161 cm³/mol. The van der Waals surface area contributed by atoms with Gasteiger partial charge in [0.15, 0.2) is 0 Å². The van der Waals surface area contributed by atoms with Crippen molar-refractivity contribution in [3.63, 3.8) is 0 Å². The summed E-state index contributed by atoms with van der Waals surface area (Å²) in [5.41, 5.74) is 1.89. The Balaban J connectivity index is 1.53. The van der Waals surface area contributed by atoms with Crippen LogP contribution >= 0.6 is 0 Å². The number of anilines is 3. The molecule has 11 nitrogen and oxygen atoms in total. The van der Waals surface area contributed by atoms with Gasteiger partial charge in [0.1, 0.15) is 17.6 Å².